The molecule has 0 radical (unpaired) electrons. The highest BCUT2D eigenvalue weighted by Crippen LogP contribution is 2.20. The molecule has 1 heterocycles. The molecule has 0 aliphatic rings. The van der Waals surface area contributed by atoms with Gasteiger partial charge in [0.2, 0.25) is 11.8 Å². The van der Waals surface area contributed by atoms with Crippen LogP contribution < -0.4 is 10.6 Å². The second kappa shape index (κ2) is 10.7. The van der Waals surface area contributed by atoms with Crippen LogP contribution in [0.25, 0.3) is 0 Å². The van der Waals surface area contributed by atoms with Gasteiger partial charge >= 0.3 is 0 Å². The van der Waals surface area contributed by atoms with Crippen LogP contribution in [0.4, 0.5) is 22.9 Å². The zero-order chi connectivity index (χ0) is 22.1. The van der Waals surface area contributed by atoms with Gasteiger partial charge in [0, 0.05) is 11.4 Å². The predicted molar refractivity (Wildman–Crippen MR) is 121 cm³/mol. The molecule has 0 saturated carbocycles. The van der Waals surface area contributed by atoms with Crippen molar-refractivity contribution in [1.29, 1.82) is 0 Å². The number of aromatic nitrogens is 1. The molecule has 2 N–H and O–H groups in total. The maximum Gasteiger partial charge on any atom is 0.239 e. The molecule has 0 spiro atoms. The Bertz CT molecular complexity index is 1050. The number of carbonyl (C=O) groups excluding carboxylic acids is 2. The quantitative estimate of drug-likeness (QED) is 0.534. The number of rotatable bonds is 8. The third-order valence-electron chi connectivity index (χ3n) is 4.17. The fourth-order valence-electron chi connectivity index (χ4n) is 2.76. The molecular weight excluding hydrogens is 392 g/mol. The van der Waals surface area contributed by atoms with Gasteiger partial charge in [-0.25, -0.2) is 4.98 Å². The summed E-state index contributed by atoms with van der Waals surface area (Å²) >= 11 is 0. The predicted octanol–water partition coefficient (Wildman–Crippen LogP) is 4.31. The molecule has 8 nitrogen and oxygen atoms in total. The van der Waals surface area contributed by atoms with E-state index in [1.165, 1.54) is 0 Å². The van der Waals surface area contributed by atoms with Crippen LogP contribution in [0.15, 0.2) is 83.0 Å². The molecule has 8 heteroatoms. The van der Waals surface area contributed by atoms with Crippen LogP contribution in [0.2, 0.25) is 0 Å². The van der Waals surface area contributed by atoms with Crippen LogP contribution in [-0.4, -0.2) is 41.8 Å². The highest BCUT2D eigenvalue weighted by Gasteiger charge is 2.11. The van der Waals surface area contributed by atoms with Gasteiger partial charge in [0.15, 0.2) is 0 Å². The smallest absolute Gasteiger partial charge is 0.239 e. The minimum Gasteiger partial charge on any atom is -0.325 e. The lowest BCUT2D eigenvalue weighted by atomic mass is 10.3. The van der Waals surface area contributed by atoms with Crippen molar-refractivity contribution >= 4 is 34.7 Å². The third-order valence-corrected chi connectivity index (χ3v) is 4.17. The minimum absolute atomic E-state index is 0.0713. The summed E-state index contributed by atoms with van der Waals surface area (Å²) in [5.41, 5.74) is 2.91. The Kier molecular flexibility index (Phi) is 7.56. The molecule has 0 fully saturated rings. The summed E-state index contributed by atoms with van der Waals surface area (Å²) in [6.45, 7) is 2.00. The van der Waals surface area contributed by atoms with E-state index in [0.29, 0.717) is 17.2 Å². The van der Waals surface area contributed by atoms with Crippen molar-refractivity contribution in [3.63, 3.8) is 0 Å². The van der Waals surface area contributed by atoms with E-state index in [0.717, 1.165) is 11.4 Å². The first-order valence-electron chi connectivity index (χ1n) is 9.77. The Morgan fingerprint density at radius 2 is 1.42 bits per heavy atom. The summed E-state index contributed by atoms with van der Waals surface area (Å²) in [7, 11) is 1.70. The van der Waals surface area contributed by atoms with Gasteiger partial charge in [0.25, 0.3) is 0 Å². The normalized spacial score (nSPS) is 10.9. The van der Waals surface area contributed by atoms with Crippen LogP contribution in [0.1, 0.15) is 5.69 Å². The number of nitrogens with zero attached hydrogens (tertiary/aromatic N) is 4. The fourth-order valence-corrected chi connectivity index (χ4v) is 2.76. The van der Waals surface area contributed by atoms with E-state index < -0.39 is 0 Å². The maximum atomic E-state index is 12.3. The molecule has 0 saturated heterocycles. The Hall–Kier alpha value is -3.91. The first kappa shape index (κ1) is 21.8. The number of azo groups is 1. The van der Waals surface area contributed by atoms with Crippen LogP contribution in [0.3, 0.4) is 0 Å². The number of carbonyl (C=O) groups is 2. The van der Waals surface area contributed by atoms with E-state index in [1.54, 1.807) is 42.3 Å². The largest absolute Gasteiger partial charge is 0.325 e. The zero-order valence-corrected chi connectivity index (χ0v) is 17.4. The molecule has 0 aliphatic carbocycles. The molecule has 31 heavy (non-hydrogen) atoms. The number of amides is 2. The van der Waals surface area contributed by atoms with Gasteiger partial charge in [-0.3, -0.25) is 14.5 Å². The van der Waals surface area contributed by atoms with Crippen LogP contribution in [-0.2, 0) is 9.59 Å². The Morgan fingerprint density at radius 1 is 0.806 bits per heavy atom. The molecule has 1 aromatic heterocycles. The first-order chi connectivity index (χ1) is 15.0. The lowest BCUT2D eigenvalue weighted by molar-refractivity contribution is -0.119. The maximum absolute atomic E-state index is 12.3. The van der Waals surface area contributed by atoms with Crippen molar-refractivity contribution in [2.45, 2.75) is 6.92 Å². The van der Waals surface area contributed by atoms with E-state index >= 15 is 0 Å². The number of nitrogens with one attached hydrogen (secondary N) is 2. The summed E-state index contributed by atoms with van der Waals surface area (Å²) in [5.74, 6) is 0.0385. The number of aryl methyl sites for hydroxylation is 1. The number of anilines is 2. The van der Waals surface area contributed by atoms with Gasteiger partial charge in [-0.1, -0.05) is 24.3 Å². The molecular formula is C23H24N6O2. The van der Waals surface area contributed by atoms with Gasteiger partial charge in [0.1, 0.15) is 5.82 Å². The molecule has 2 amide bonds. The topological polar surface area (TPSA) is 99.1 Å². The molecule has 0 aliphatic heterocycles. The summed E-state index contributed by atoms with van der Waals surface area (Å²) in [4.78, 5) is 30.3. The van der Waals surface area contributed by atoms with Crippen LogP contribution >= 0.6 is 0 Å². The van der Waals surface area contributed by atoms with Crippen molar-refractivity contribution in [1.82, 2.24) is 9.88 Å². The average molecular weight is 416 g/mol. The number of likely N-dealkylation sites (N-methyl/N-ethyl adjacent to an activating group) is 1. The van der Waals surface area contributed by atoms with Crippen molar-refractivity contribution in [3.05, 3.63) is 78.5 Å². The summed E-state index contributed by atoms with van der Waals surface area (Å²) in [6.07, 6.45) is 0. The highest BCUT2D eigenvalue weighted by molar-refractivity contribution is 5.94. The average Bonchev–Trinajstić information content (AvgIpc) is 2.73. The number of benzene rings is 2. The van der Waals surface area contributed by atoms with Crippen molar-refractivity contribution < 1.29 is 9.59 Å². The van der Waals surface area contributed by atoms with Gasteiger partial charge in [-0.2, -0.15) is 10.2 Å². The van der Waals surface area contributed by atoms with Gasteiger partial charge in [0.05, 0.1) is 24.5 Å². The SMILES string of the molecule is Cc1cccc(NC(=O)CN(C)CC(=O)Nc2ccc(N=Nc3ccccc3)cc2)n1. The van der Waals surface area contributed by atoms with E-state index in [-0.39, 0.29) is 24.9 Å². The van der Waals surface area contributed by atoms with E-state index in [1.807, 2.05) is 49.4 Å². The van der Waals surface area contributed by atoms with Gasteiger partial charge < -0.3 is 10.6 Å². The van der Waals surface area contributed by atoms with E-state index in [9.17, 15) is 9.59 Å². The van der Waals surface area contributed by atoms with E-state index in [2.05, 4.69) is 25.8 Å². The Balaban J connectivity index is 1.45. The monoisotopic (exact) mass is 416 g/mol. The summed E-state index contributed by atoms with van der Waals surface area (Å²) < 4.78 is 0. The van der Waals surface area contributed by atoms with Crippen molar-refractivity contribution in [2.75, 3.05) is 30.8 Å². The molecule has 0 bridgehead atoms. The summed E-state index contributed by atoms with van der Waals surface area (Å²) in [6, 6.07) is 21.9. The van der Waals surface area contributed by atoms with Crippen LogP contribution in [0, 0.1) is 6.92 Å². The number of pyridine rings is 1. The Morgan fingerprint density at radius 3 is 2.06 bits per heavy atom. The summed E-state index contributed by atoms with van der Waals surface area (Å²) in [5, 5.41) is 13.9. The molecule has 158 valence electrons. The molecule has 0 unspecified atom stereocenters. The minimum atomic E-state index is -0.235. The van der Waals surface area contributed by atoms with Crippen LogP contribution in [0.5, 0.6) is 0 Å². The second-order valence-electron chi connectivity index (χ2n) is 7.02. The third kappa shape index (κ3) is 7.45. The molecule has 3 rings (SSSR count). The van der Waals surface area contributed by atoms with Gasteiger partial charge in [-0.05, 0) is 62.5 Å². The second-order valence-corrected chi connectivity index (χ2v) is 7.02. The number of hydrogen-bond donors (Lipinski definition) is 2. The lowest BCUT2D eigenvalue weighted by Gasteiger charge is -2.16. The van der Waals surface area contributed by atoms with Crippen molar-refractivity contribution in [3.8, 4) is 0 Å². The molecule has 2 aromatic carbocycles. The lowest BCUT2D eigenvalue weighted by Crippen LogP contribution is -2.36. The molecule has 0 atom stereocenters. The Labute approximate surface area is 181 Å². The first-order valence-corrected chi connectivity index (χ1v) is 9.77. The molecule has 3 aromatic rings. The number of hydrogen-bond acceptors (Lipinski definition) is 6. The highest BCUT2D eigenvalue weighted by atomic mass is 16.2. The van der Waals surface area contributed by atoms with E-state index in [4.69, 9.17) is 0 Å². The standard InChI is InChI=1S/C23H24N6O2/c1-17-7-6-10-21(24-17)26-23(31)16-29(2)15-22(30)25-18-11-13-20(14-12-18)28-27-19-8-4-3-5-9-19/h3-14H,15-16H2,1-2H3,(H,25,30)(H,24,26,31). The zero-order valence-electron chi connectivity index (χ0n) is 17.4. The fraction of sp³-hybridized carbons (Fsp3) is 0.174. The van der Waals surface area contributed by atoms with Gasteiger partial charge in [-0.15, -0.1) is 0 Å². The van der Waals surface area contributed by atoms with Crippen molar-refractivity contribution in [2.24, 2.45) is 10.2 Å².